The van der Waals surface area contributed by atoms with Gasteiger partial charge in [0.25, 0.3) is 0 Å². The van der Waals surface area contributed by atoms with Gasteiger partial charge in [0, 0.05) is 25.6 Å². The average molecular weight is 168 g/mol. The molecule has 2 saturated heterocycles. The van der Waals surface area contributed by atoms with Crippen molar-refractivity contribution in [3.05, 3.63) is 0 Å². The summed E-state index contributed by atoms with van der Waals surface area (Å²) < 4.78 is 0. The molecule has 0 aromatic heterocycles. The van der Waals surface area contributed by atoms with E-state index in [1.165, 1.54) is 19.5 Å². The molecule has 1 amide bonds. The van der Waals surface area contributed by atoms with E-state index in [1.807, 2.05) is 6.92 Å². The van der Waals surface area contributed by atoms with Crippen LogP contribution in [0.15, 0.2) is 0 Å². The van der Waals surface area contributed by atoms with Crippen LogP contribution in [0, 0.1) is 5.92 Å². The number of hydrogen-bond acceptors (Lipinski definition) is 2. The molecule has 2 aliphatic rings. The standard InChI is InChI=1S/C9H16N2O/c1-2-9(12)10-8-6-11-4-3-7(8)5-11/h7-8H,2-6H2,1H3,(H,10,12)/t7-,8-/m1/s1. The third-order valence-electron chi connectivity index (χ3n) is 3.00. The van der Waals surface area contributed by atoms with E-state index in [0.29, 0.717) is 12.5 Å². The van der Waals surface area contributed by atoms with Crippen molar-refractivity contribution in [1.82, 2.24) is 10.2 Å². The quantitative estimate of drug-likeness (QED) is 0.639. The lowest BCUT2D eigenvalue weighted by Gasteiger charge is -2.22. The van der Waals surface area contributed by atoms with Crippen LogP contribution in [-0.4, -0.2) is 36.5 Å². The van der Waals surface area contributed by atoms with E-state index in [1.54, 1.807) is 0 Å². The zero-order valence-corrected chi connectivity index (χ0v) is 7.55. The Kier molecular flexibility index (Phi) is 2.05. The molecule has 1 unspecified atom stereocenters. The molecule has 3 nitrogen and oxygen atoms in total. The Hall–Kier alpha value is -0.570. The summed E-state index contributed by atoms with van der Waals surface area (Å²) in [7, 11) is 0. The lowest BCUT2D eigenvalue weighted by atomic mass is 10.00. The molecule has 2 bridgehead atoms. The first-order valence-electron chi connectivity index (χ1n) is 4.81. The second-order valence-electron chi connectivity index (χ2n) is 3.84. The predicted octanol–water partition coefficient (Wildman–Crippen LogP) is 0.217. The van der Waals surface area contributed by atoms with Gasteiger partial charge in [-0.2, -0.15) is 0 Å². The monoisotopic (exact) mass is 168 g/mol. The molecule has 3 heteroatoms. The Morgan fingerprint density at radius 3 is 2.92 bits per heavy atom. The maximum absolute atomic E-state index is 11.1. The molecule has 0 saturated carbocycles. The summed E-state index contributed by atoms with van der Waals surface area (Å²) in [6.07, 6.45) is 1.89. The molecule has 2 rings (SSSR count). The van der Waals surface area contributed by atoms with Crippen LogP contribution in [0.5, 0.6) is 0 Å². The van der Waals surface area contributed by atoms with Crippen LogP contribution >= 0.6 is 0 Å². The fourth-order valence-electron chi connectivity index (χ4n) is 2.26. The van der Waals surface area contributed by atoms with Crippen molar-refractivity contribution in [3.63, 3.8) is 0 Å². The molecule has 0 aromatic carbocycles. The van der Waals surface area contributed by atoms with E-state index >= 15 is 0 Å². The van der Waals surface area contributed by atoms with Crippen molar-refractivity contribution < 1.29 is 4.79 Å². The molecule has 2 fully saturated rings. The smallest absolute Gasteiger partial charge is 0.219 e. The molecule has 3 atom stereocenters. The summed E-state index contributed by atoms with van der Waals surface area (Å²) >= 11 is 0. The zero-order chi connectivity index (χ0) is 8.55. The van der Waals surface area contributed by atoms with Crippen LogP contribution in [-0.2, 0) is 4.79 Å². The van der Waals surface area contributed by atoms with Crippen molar-refractivity contribution in [2.75, 3.05) is 19.6 Å². The summed E-state index contributed by atoms with van der Waals surface area (Å²) in [6, 6.07) is 0.450. The lowest BCUT2D eigenvalue weighted by molar-refractivity contribution is -0.121. The van der Waals surface area contributed by atoms with Crippen molar-refractivity contribution in [3.8, 4) is 0 Å². The number of amides is 1. The van der Waals surface area contributed by atoms with Gasteiger partial charge in [0.05, 0.1) is 0 Å². The molecular weight excluding hydrogens is 152 g/mol. The second-order valence-corrected chi connectivity index (χ2v) is 3.84. The first kappa shape index (κ1) is 8.05. The first-order valence-corrected chi connectivity index (χ1v) is 4.81. The number of hydrogen-bond donors (Lipinski definition) is 1. The summed E-state index contributed by atoms with van der Waals surface area (Å²) in [5.41, 5.74) is 0. The van der Waals surface area contributed by atoms with Gasteiger partial charge in [0.1, 0.15) is 0 Å². The van der Waals surface area contributed by atoms with E-state index in [9.17, 15) is 4.79 Å². The molecule has 2 aliphatic heterocycles. The lowest BCUT2D eigenvalue weighted by Crippen LogP contribution is -2.42. The fourth-order valence-corrected chi connectivity index (χ4v) is 2.26. The van der Waals surface area contributed by atoms with E-state index in [0.717, 1.165) is 12.5 Å². The number of carbonyl (C=O) groups excluding carboxylic acids is 1. The third-order valence-corrected chi connectivity index (χ3v) is 3.00. The zero-order valence-electron chi connectivity index (χ0n) is 7.55. The first-order chi connectivity index (χ1) is 5.79. The molecule has 0 aliphatic carbocycles. The minimum absolute atomic E-state index is 0.203. The molecule has 0 radical (unpaired) electrons. The minimum atomic E-state index is 0.203. The molecular formula is C9H16N2O. The van der Waals surface area contributed by atoms with Gasteiger partial charge < -0.3 is 10.2 Å². The maximum Gasteiger partial charge on any atom is 0.219 e. The van der Waals surface area contributed by atoms with Crippen LogP contribution in [0.4, 0.5) is 0 Å². The SMILES string of the molecule is CCC(=O)N[C@@H]1CN2CC[C@@H]1C2. The van der Waals surface area contributed by atoms with Gasteiger partial charge in [0.15, 0.2) is 0 Å². The summed E-state index contributed by atoms with van der Waals surface area (Å²) in [6.45, 7) is 5.43. The topological polar surface area (TPSA) is 32.3 Å². The number of nitrogens with zero attached hydrogens (tertiary/aromatic N) is 1. The minimum Gasteiger partial charge on any atom is -0.352 e. The van der Waals surface area contributed by atoms with Gasteiger partial charge >= 0.3 is 0 Å². The third kappa shape index (κ3) is 1.33. The Bertz CT molecular complexity index is 193. The number of nitrogens with one attached hydrogen (secondary N) is 1. The van der Waals surface area contributed by atoms with E-state index in [4.69, 9.17) is 0 Å². The Morgan fingerprint density at radius 1 is 1.58 bits per heavy atom. The summed E-state index contributed by atoms with van der Waals surface area (Å²) in [5.74, 6) is 0.939. The molecule has 2 heterocycles. The van der Waals surface area contributed by atoms with Gasteiger partial charge in [-0.15, -0.1) is 0 Å². The molecule has 68 valence electrons. The number of piperidine rings is 1. The van der Waals surface area contributed by atoms with Crippen molar-refractivity contribution in [1.29, 1.82) is 0 Å². The average Bonchev–Trinajstić information content (AvgIpc) is 2.64. The highest BCUT2D eigenvalue weighted by Gasteiger charge is 2.38. The highest BCUT2D eigenvalue weighted by molar-refractivity contribution is 5.75. The van der Waals surface area contributed by atoms with Gasteiger partial charge in [0.2, 0.25) is 5.91 Å². The van der Waals surface area contributed by atoms with Crippen molar-refractivity contribution in [2.45, 2.75) is 25.8 Å². The highest BCUT2D eigenvalue weighted by Crippen LogP contribution is 2.27. The highest BCUT2D eigenvalue weighted by atomic mass is 16.1. The van der Waals surface area contributed by atoms with E-state index in [2.05, 4.69) is 10.2 Å². The summed E-state index contributed by atoms with van der Waals surface area (Å²) in [5, 5.41) is 3.08. The van der Waals surface area contributed by atoms with Gasteiger partial charge in [-0.05, 0) is 18.9 Å². The fraction of sp³-hybridized carbons (Fsp3) is 0.889. The van der Waals surface area contributed by atoms with E-state index in [-0.39, 0.29) is 5.91 Å². The van der Waals surface area contributed by atoms with Gasteiger partial charge in [-0.1, -0.05) is 6.92 Å². The van der Waals surface area contributed by atoms with Crippen molar-refractivity contribution in [2.24, 2.45) is 5.92 Å². The van der Waals surface area contributed by atoms with Gasteiger partial charge in [-0.25, -0.2) is 0 Å². The molecule has 0 aromatic rings. The molecule has 12 heavy (non-hydrogen) atoms. The maximum atomic E-state index is 11.1. The summed E-state index contributed by atoms with van der Waals surface area (Å²) in [4.78, 5) is 13.6. The van der Waals surface area contributed by atoms with Crippen LogP contribution in [0.2, 0.25) is 0 Å². The van der Waals surface area contributed by atoms with Crippen LogP contribution < -0.4 is 5.32 Å². The Labute approximate surface area is 73.1 Å². The molecule has 0 spiro atoms. The van der Waals surface area contributed by atoms with E-state index < -0.39 is 0 Å². The van der Waals surface area contributed by atoms with Gasteiger partial charge in [-0.3, -0.25) is 4.79 Å². The normalized spacial score (nSPS) is 38.6. The number of rotatable bonds is 2. The van der Waals surface area contributed by atoms with Crippen molar-refractivity contribution >= 4 is 5.91 Å². The molecule has 1 N–H and O–H groups in total. The predicted molar refractivity (Wildman–Crippen MR) is 46.8 cm³/mol. The van der Waals surface area contributed by atoms with Crippen LogP contribution in [0.1, 0.15) is 19.8 Å². The van der Waals surface area contributed by atoms with Crippen LogP contribution in [0.25, 0.3) is 0 Å². The second kappa shape index (κ2) is 3.05. The Morgan fingerprint density at radius 2 is 2.42 bits per heavy atom. The Balaban J connectivity index is 1.86. The van der Waals surface area contributed by atoms with Crippen LogP contribution in [0.3, 0.4) is 0 Å². The largest absolute Gasteiger partial charge is 0.352 e. The number of fused-ring (bicyclic) bond motifs is 2. The number of carbonyl (C=O) groups is 1.